The molecule has 1 aromatic heterocycles. The first-order valence-electron chi connectivity index (χ1n) is 11.3. The summed E-state index contributed by atoms with van der Waals surface area (Å²) in [7, 11) is 0. The monoisotopic (exact) mass is 415 g/mol. The number of carbonyl (C=O) groups excluding carboxylic acids is 1. The molecule has 1 amide bonds. The van der Waals surface area contributed by atoms with Gasteiger partial charge >= 0.3 is 0 Å². The van der Waals surface area contributed by atoms with Gasteiger partial charge in [0.25, 0.3) is 5.91 Å². The second-order valence-corrected chi connectivity index (χ2v) is 8.53. The molecule has 160 valence electrons. The van der Waals surface area contributed by atoms with Gasteiger partial charge in [-0.15, -0.1) is 0 Å². The first-order chi connectivity index (χ1) is 15.2. The Morgan fingerprint density at radius 2 is 1.77 bits per heavy atom. The molecular formula is C26H29N3O2. The van der Waals surface area contributed by atoms with E-state index in [0.717, 1.165) is 60.6 Å². The van der Waals surface area contributed by atoms with Crippen LogP contribution in [0.1, 0.15) is 47.3 Å². The fourth-order valence-corrected chi connectivity index (χ4v) is 4.36. The van der Waals surface area contributed by atoms with E-state index in [-0.39, 0.29) is 5.91 Å². The highest BCUT2D eigenvalue weighted by Gasteiger charge is 2.29. The molecule has 0 bridgehead atoms. The number of aromatic nitrogens is 1. The molecule has 0 spiro atoms. The van der Waals surface area contributed by atoms with Crippen molar-refractivity contribution in [2.75, 3.05) is 32.8 Å². The Bertz CT molecular complexity index is 1070. The lowest BCUT2D eigenvalue weighted by Crippen LogP contribution is -2.48. The molecule has 5 heteroatoms. The molecule has 1 aliphatic heterocycles. The van der Waals surface area contributed by atoms with E-state index in [4.69, 9.17) is 9.72 Å². The van der Waals surface area contributed by atoms with Crippen LogP contribution in [0.5, 0.6) is 5.75 Å². The van der Waals surface area contributed by atoms with Crippen LogP contribution in [0.15, 0.2) is 54.6 Å². The van der Waals surface area contributed by atoms with Gasteiger partial charge in [0.1, 0.15) is 5.75 Å². The summed E-state index contributed by atoms with van der Waals surface area (Å²) in [5.74, 6) is 1.58. The molecule has 2 heterocycles. The summed E-state index contributed by atoms with van der Waals surface area (Å²) < 4.78 is 5.53. The number of amides is 1. The minimum atomic E-state index is 0.140. The van der Waals surface area contributed by atoms with Gasteiger partial charge in [0.05, 0.1) is 17.7 Å². The normalized spacial score (nSPS) is 17.1. The lowest BCUT2D eigenvalue weighted by atomic mass is 10.0. The number of pyridine rings is 1. The van der Waals surface area contributed by atoms with Crippen molar-refractivity contribution >= 4 is 16.8 Å². The highest BCUT2D eigenvalue weighted by molar-refractivity contribution is 6.06. The lowest BCUT2D eigenvalue weighted by Gasteiger charge is -2.35. The first kappa shape index (κ1) is 20.0. The molecule has 5 rings (SSSR count). The van der Waals surface area contributed by atoms with Crippen molar-refractivity contribution in [1.29, 1.82) is 0 Å². The topological polar surface area (TPSA) is 45.7 Å². The number of hydrogen-bond acceptors (Lipinski definition) is 4. The summed E-state index contributed by atoms with van der Waals surface area (Å²) in [4.78, 5) is 22.7. The maximum Gasteiger partial charge on any atom is 0.254 e. The fourth-order valence-electron chi connectivity index (χ4n) is 4.36. The van der Waals surface area contributed by atoms with Crippen molar-refractivity contribution in [1.82, 2.24) is 14.8 Å². The van der Waals surface area contributed by atoms with Crippen LogP contribution in [0.2, 0.25) is 0 Å². The maximum absolute atomic E-state index is 13.4. The number of carbonyl (C=O) groups is 1. The van der Waals surface area contributed by atoms with Crippen LogP contribution in [0.3, 0.4) is 0 Å². The van der Waals surface area contributed by atoms with Crippen LogP contribution >= 0.6 is 0 Å². The number of benzene rings is 2. The number of nitrogens with zero attached hydrogens (tertiary/aromatic N) is 3. The number of rotatable bonds is 6. The minimum Gasteiger partial charge on any atom is -0.494 e. The molecule has 5 nitrogen and oxygen atoms in total. The van der Waals surface area contributed by atoms with E-state index in [2.05, 4.69) is 23.1 Å². The summed E-state index contributed by atoms with van der Waals surface area (Å²) in [6.07, 6.45) is 2.37. The Kier molecular flexibility index (Phi) is 5.60. The molecule has 0 radical (unpaired) electrons. The predicted molar refractivity (Wildman–Crippen MR) is 123 cm³/mol. The van der Waals surface area contributed by atoms with Gasteiger partial charge in [-0.3, -0.25) is 14.7 Å². The molecule has 0 N–H and O–H groups in total. The Morgan fingerprint density at radius 3 is 2.48 bits per heavy atom. The Hall–Kier alpha value is -2.92. The van der Waals surface area contributed by atoms with E-state index in [1.807, 2.05) is 48.2 Å². The maximum atomic E-state index is 13.4. The molecule has 2 fully saturated rings. The number of fused-ring (bicyclic) bond motifs is 1. The van der Waals surface area contributed by atoms with Gasteiger partial charge in [0, 0.05) is 49.7 Å². The van der Waals surface area contributed by atoms with Crippen molar-refractivity contribution in [3.05, 3.63) is 71.4 Å². The molecule has 3 aromatic rings. The predicted octanol–water partition coefficient (Wildman–Crippen LogP) is 4.47. The van der Waals surface area contributed by atoms with Crippen LogP contribution < -0.4 is 4.74 Å². The van der Waals surface area contributed by atoms with Gasteiger partial charge in [-0.1, -0.05) is 30.3 Å². The molecule has 0 atom stereocenters. The van der Waals surface area contributed by atoms with E-state index in [1.54, 1.807) is 0 Å². The third kappa shape index (κ3) is 4.42. The highest BCUT2D eigenvalue weighted by Crippen LogP contribution is 2.40. The number of ether oxygens (including phenoxy) is 1. The van der Waals surface area contributed by atoms with Crippen LogP contribution in [0.25, 0.3) is 10.9 Å². The van der Waals surface area contributed by atoms with Gasteiger partial charge in [0.15, 0.2) is 0 Å². The summed E-state index contributed by atoms with van der Waals surface area (Å²) in [6, 6.07) is 18.4. The van der Waals surface area contributed by atoms with Crippen molar-refractivity contribution < 1.29 is 9.53 Å². The third-order valence-electron chi connectivity index (χ3n) is 6.26. The molecule has 2 aliphatic rings. The second-order valence-electron chi connectivity index (χ2n) is 8.53. The van der Waals surface area contributed by atoms with E-state index in [1.165, 1.54) is 18.4 Å². The number of hydrogen-bond donors (Lipinski definition) is 0. The zero-order valence-corrected chi connectivity index (χ0v) is 18.1. The van der Waals surface area contributed by atoms with Gasteiger partial charge in [-0.25, -0.2) is 0 Å². The van der Waals surface area contributed by atoms with Gasteiger partial charge in [0.2, 0.25) is 0 Å². The minimum absolute atomic E-state index is 0.140. The van der Waals surface area contributed by atoms with Crippen LogP contribution in [-0.2, 0) is 6.54 Å². The van der Waals surface area contributed by atoms with Crippen molar-refractivity contribution in [3.63, 3.8) is 0 Å². The van der Waals surface area contributed by atoms with Crippen LogP contribution in [0.4, 0.5) is 0 Å². The van der Waals surface area contributed by atoms with Gasteiger partial charge in [-0.2, -0.15) is 0 Å². The Balaban J connectivity index is 1.26. The van der Waals surface area contributed by atoms with Gasteiger partial charge < -0.3 is 9.64 Å². The van der Waals surface area contributed by atoms with E-state index < -0.39 is 0 Å². The van der Waals surface area contributed by atoms with Crippen molar-refractivity contribution in [2.45, 2.75) is 32.2 Å². The van der Waals surface area contributed by atoms with Crippen LogP contribution in [-0.4, -0.2) is 53.5 Å². The van der Waals surface area contributed by atoms with Crippen molar-refractivity contribution in [3.8, 4) is 5.75 Å². The van der Waals surface area contributed by atoms with Gasteiger partial charge in [-0.05, 0) is 49.6 Å². The van der Waals surface area contributed by atoms with Crippen LogP contribution in [0, 0.1) is 0 Å². The zero-order chi connectivity index (χ0) is 21.2. The zero-order valence-electron chi connectivity index (χ0n) is 18.1. The molecule has 1 aliphatic carbocycles. The molecular weight excluding hydrogens is 386 g/mol. The second kappa shape index (κ2) is 8.67. The SMILES string of the molecule is CCOc1ccc(CN2CCN(C(=O)c3cc(C4CC4)nc4ccccc34)CC2)cc1. The standard InChI is InChI=1S/C26H29N3O2/c1-2-31-21-11-7-19(8-12-21)18-28-13-15-29(16-14-28)26(30)23-17-25(20-9-10-20)27-24-6-4-3-5-22(23)24/h3-8,11-12,17,20H,2,9-10,13-16,18H2,1H3. The molecule has 31 heavy (non-hydrogen) atoms. The number of para-hydroxylation sites is 1. The van der Waals surface area contributed by atoms with E-state index in [0.29, 0.717) is 12.5 Å². The van der Waals surface area contributed by atoms with Crippen molar-refractivity contribution in [2.24, 2.45) is 0 Å². The summed E-state index contributed by atoms with van der Waals surface area (Å²) in [6.45, 7) is 6.87. The molecule has 1 saturated carbocycles. The summed E-state index contributed by atoms with van der Waals surface area (Å²) in [5, 5.41) is 0.966. The fraction of sp³-hybridized carbons (Fsp3) is 0.385. The molecule has 2 aromatic carbocycles. The van der Waals surface area contributed by atoms with E-state index >= 15 is 0 Å². The lowest BCUT2D eigenvalue weighted by molar-refractivity contribution is 0.0630. The highest BCUT2D eigenvalue weighted by atomic mass is 16.5. The number of piperazine rings is 1. The third-order valence-corrected chi connectivity index (χ3v) is 6.26. The summed E-state index contributed by atoms with van der Waals surface area (Å²) in [5.41, 5.74) is 4.10. The largest absolute Gasteiger partial charge is 0.494 e. The average Bonchev–Trinajstić information content (AvgIpc) is 3.65. The summed E-state index contributed by atoms with van der Waals surface area (Å²) >= 11 is 0. The smallest absolute Gasteiger partial charge is 0.254 e. The van der Waals surface area contributed by atoms with E-state index in [9.17, 15) is 4.79 Å². The Labute approximate surface area is 183 Å². The first-order valence-corrected chi connectivity index (χ1v) is 11.3. The quantitative estimate of drug-likeness (QED) is 0.596. The average molecular weight is 416 g/mol. The Morgan fingerprint density at radius 1 is 1.03 bits per heavy atom. The molecule has 0 unspecified atom stereocenters. The molecule has 1 saturated heterocycles.